The Morgan fingerprint density at radius 2 is 1.73 bits per heavy atom. The first-order valence-corrected chi connectivity index (χ1v) is 10.2. The molecule has 0 aliphatic heterocycles. The lowest BCUT2D eigenvalue weighted by molar-refractivity contribution is -0.150. The second kappa shape index (κ2) is 11.1. The first-order valence-electron chi connectivity index (χ1n) is 10.2. The van der Waals surface area contributed by atoms with E-state index in [9.17, 15) is 24.3 Å². The van der Waals surface area contributed by atoms with E-state index in [1.165, 1.54) is 37.4 Å². The highest BCUT2D eigenvalue weighted by Crippen LogP contribution is 2.13. The Morgan fingerprint density at radius 1 is 1.06 bits per heavy atom. The van der Waals surface area contributed by atoms with Crippen LogP contribution < -0.4 is 15.4 Å². The standard InChI is InChI=1S/C23H27N3O7/c1-14(18(27)19(21(29)30)32-17-8-6-5-7-9-17)26-20(28)15-10-11-16(24-12-15)13-25-22(31)33-23(2,3)4/h5-12,14,19H,13H2,1-4H3,(H,25,31)(H,26,28)(H,29,30). The van der Waals surface area contributed by atoms with Crippen molar-refractivity contribution in [1.82, 2.24) is 15.6 Å². The number of ketones is 1. The molecule has 0 saturated carbocycles. The number of alkyl carbamates (subject to hydrolysis) is 1. The van der Waals surface area contributed by atoms with Crippen LogP contribution in [0, 0.1) is 0 Å². The minimum absolute atomic E-state index is 0.100. The van der Waals surface area contributed by atoms with Crippen LogP contribution in [0.1, 0.15) is 43.7 Å². The number of ether oxygens (including phenoxy) is 2. The summed E-state index contributed by atoms with van der Waals surface area (Å²) < 4.78 is 10.4. The highest BCUT2D eigenvalue weighted by atomic mass is 16.6. The van der Waals surface area contributed by atoms with Gasteiger partial charge in [-0.1, -0.05) is 18.2 Å². The van der Waals surface area contributed by atoms with Gasteiger partial charge in [-0.15, -0.1) is 0 Å². The van der Waals surface area contributed by atoms with Gasteiger partial charge >= 0.3 is 12.1 Å². The van der Waals surface area contributed by atoms with Crippen LogP contribution in [0.15, 0.2) is 48.7 Å². The number of carboxylic acids is 1. The molecule has 3 N–H and O–H groups in total. The number of carboxylic acid groups (broad SMARTS) is 1. The summed E-state index contributed by atoms with van der Waals surface area (Å²) in [6.45, 7) is 6.71. The van der Waals surface area contributed by atoms with Crippen molar-refractivity contribution in [1.29, 1.82) is 0 Å². The summed E-state index contributed by atoms with van der Waals surface area (Å²) in [5, 5.41) is 14.4. The molecule has 0 saturated heterocycles. The summed E-state index contributed by atoms with van der Waals surface area (Å²) in [5.41, 5.74) is 0.0228. The number of nitrogens with zero attached hydrogens (tertiary/aromatic N) is 1. The lowest BCUT2D eigenvalue weighted by Gasteiger charge is -2.19. The first kappa shape index (κ1) is 25.3. The van der Waals surface area contributed by atoms with Crippen molar-refractivity contribution in [2.75, 3.05) is 0 Å². The maximum absolute atomic E-state index is 12.6. The molecule has 0 bridgehead atoms. The molecule has 176 valence electrons. The Labute approximate surface area is 191 Å². The van der Waals surface area contributed by atoms with Crippen molar-refractivity contribution < 1.29 is 33.8 Å². The van der Waals surface area contributed by atoms with Crippen molar-refractivity contribution >= 4 is 23.8 Å². The Balaban J connectivity index is 1.94. The van der Waals surface area contributed by atoms with E-state index in [0.717, 1.165) is 0 Å². The van der Waals surface area contributed by atoms with Crippen molar-refractivity contribution in [3.8, 4) is 5.75 Å². The van der Waals surface area contributed by atoms with Crippen LogP contribution >= 0.6 is 0 Å². The maximum atomic E-state index is 12.6. The molecule has 1 aromatic heterocycles. The Morgan fingerprint density at radius 3 is 2.27 bits per heavy atom. The number of aromatic nitrogens is 1. The average molecular weight is 457 g/mol. The summed E-state index contributed by atoms with van der Waals surface area (Å²) in [5.74, 6) is -2.67. The molecule has 10 nitrogen and oxygen atoms in total. The number of carbonyl (C=O) groups excluding carboxylic acids is 3. The summed E-state index contributed by atoms with van der Waals surface area (Å²) in [4.78, 5) is 52.4. The van der Waals surface area contributed by atoms with Crippen molar-refractivity contribution in [2.24, 2.45) is 0 Å². The number of nitrogens with one attached hydrogen (secondary N) is 2. The topological polar surface area (TPSA) is 144 Å². The van der Waals surface area contributed by atoms with Crippen LogP contribution in [0.2, 0.25) is 0 Å². The fourth-order valence-corrected chi connectivity index (χ4v) is 2.58. The van der Waals surface area contributed by atoms with Crippen LogP contribution in [0.25, 0.3) is 0 Å². The summed E-state index contributed by atoms with van der Waals surface area (Å²) in [6.07, 6.45) is -1.08. The number of Topliss-reactive ketones (excluding diaryl/α,β-unsaturated/α-hetero) is 1. The molecule has 0 radical (unpaired) electrons. The van der Waals surface area contributed by atoms with Gasteiger partial charge in [-0.05, 0) is 52.0 Å². The van der Waals surface area contributed by atoms with E-state index in [4.69, 9.17) is 9.47 Å². The van der Waals surface area contributed by atoms with Gasteiger partial charge in [0.05, 0.1) is 23.8 Å². The predicted molar refractivity (Wildman–Crippen MR) is 118 cm³/mol. The van der Waals surface area contributed by atoms with E-state index in [0.29, 0.717) is 5.69 Å². The molecule has 0 fully saturated rings. The molecule has 2 aromatic rings. The number of para-hydroxylation sites is 1. The Bertz CT molecular complexity index is 985. The largest absolute Gasteiger partial charge is 0.478 e. The molecule has 10 heteroatoms. The van der Waals surface area contributed by atoms with E-state index in [-0.39, 0.29) is 17.9 Å². The second-order valence-electron chi connectivity index (χ2n) is 8.14. The van der Waals surface area contributed by atoms with Gasteiger partial charge in [-0.2, -0.15) is 0 Å². The van der Waals surface area contributed by atoms with Gasteiger partial charge in [0.1, 0.15) is 11.4 Å². The number of hydrogen-bond acceptors (Lipinski definition) is 7. The van der Waals surface area contributed by atoms with E-state index in [1.807, 2.05) is 0 Å². The lowest BCUT2D eigenvalue weighted by atomic mass is 10.1. The van der Waals surface area contributed by atoms with Gasteiger partial charge < -0.3 is 25.2 Å². The monoisotopic (exact) mass is 457 g/mol. The van der Waals surface area contributed by atoms with E-state index in [2.05, 4.69) is 15.6 Å². The summed E-state index contributed by atoms with van der Waals surface area (Å²) in [7, 11) is 0. The zero-order chi connectivity index (χ0) is 24.6. The van der Waals surface area contributed by atoms with Gasteiger partial charge in [-0.3, -0.25) is 14.6 Å². The van der Waals surface area contributed by atoms with Crippen LogP contribution in [-0.2, 0) is 20.9 Å². The lowest BCUT2D eigenvalue weighted by Crippen LogP contribution is -2.48. The zero-order valence-corrected chi connectivity index (χ0v) is 18.8. The molecule has 0 spiro atoms. The predicted octanol–water partition coefficient (Wildman–Crippen LogP) is 2.33. The molecule has 1 aromatic carbocycles. The SMILES string of the molecule is CC(NC(=O)c1ccc(CNC(=O)OC(C)(C)C)nc1)C(=O)C(Oc1ccccc1)C(=O)O. The number of hydrogen-bond donors (Lipinski definition) is 3. The van der Waals surface area contributed by atoms with Gasteiger partial charge in [0.25, 0.3) is 12.0 Å². The second-order valence-corrected chi connectivity index (χ2v) is 8.14. The quantitative estimate of drug-likeness (QED) is 0.487. The van der Waals surface area contributed by atoms with E-state index in [1.54, 1.807) is 39.0 Å². The Hall–Kier alpha value is -3.95. The minimum atomic E-state index is -1.78. The van der Waals surface area contributed by atoms with Crippen LogP contribution in [0.3, 0.4) is 0 Å². The van der Waals surface area contributed by atoms with E-state index >= 15 is 0 Å². The van der Waals surface area contributed by atoms with E-state index < -0.39 is 41.5 Å². The van der Waals surface area contributed by atoms with Gasteiger partial charge in [0.15, 0.2) is 0 Å². The molecular weight excluding hydrogens is 430 g/mol. The molecule has 33 heavy (non-hydrogen) atoms. The fraction of sp³-hybridized carbons (Fsp3) is 0.348. The van der Waals surface area contributed by atoms with Crippen molar-refractivity contribution in [3.05, 3.63) is 59.9 Å². The molecule has 1 heterocycles. The third-order valence-electron chi connectivity index (χ3n) is 4.15. The fourth-order valence-electron chi connectivity index (χ4n) is 2.58. The molecule has 2 atom stereocenters. The number of rotatable bonds is 9. The highest BCUT2D eigenvalue weighted by Gasteiger charge is 2.33. The van der Waals surface area contributed by atoms with Crippen LogP contribution in [0.4, 0.5) is 4.79 Å². The van der Waals surface area contributed by atoms with Gasteiger partial charge in [-0.25, -0.2) is 9.59 Å². The smallest absolute Gasteiger partial charge is 0.407 e. The number of carbonyl (C=O) groups is 4. The molecular formula is C23H27N3O7. The molecule has 2 amide bonds. The Kier molecular flexibility index (Phi) is 8.49. The first-order chi connectivity index (χ1) is 15.5. The minimum Gasteiger partial charge on any atom is -0.478 e. The maximum Gasteiger partial charge on any atom is 0.407 e. The third kappa shape index (κ3) is 8.24. The number of benzene rings is 1. The summed E-state index contributed by atoms with van der Waals surface area (Å²) in [6, 6.07) is 9.94. The van der Waals surface area contributed by atoms with Crippen molar-refractivity contribution in [2.45, 2.75) is 52.0 Å². The molecule has 0 aliphatic carbocycles. The number of aliphatic carboxylic acids is 1. The highest BCUT2D eigenvalue weighted by molar-refractivity contribution is 6.06. The normalized spacial score (nSPS) is 12.7. The van der Waals surface area contributed by atoms with Crippen LogP contribution in [-0.4, -0.2) is 51.6 Å². The molecule has 2 rings (SSSR count). The molecule has 2 unspecified atom stereocenters. The zero-order valence-electron chi connectivity index (χ0n) is 18.8. The van der Waals surface area contributed by atoms with Gasteiger partial charge in [0.2, 0.25) is 5.78 Å². The van der Waals surface area contributed by atoms with Gasteiger partial charge in [0, 0.05) is 6.20 Å². The van der Waals surface area contributed by atoms with Crippen molar-refractivity contribution in [3.63, 3.8) is 0 Å². The summed E-state index contributed by atoms with van der Waals surface area (Å²) >= 11 is 0. The average Bonchev–Trinajstić information content (AvgIpc) is 2.75. The third-order valence-corrected chi connectivity index (χ3v) is 4.15. The number of pyridine rings is 1. The molecule has 0 aliphatic rings. The number of amides is 2. The van der Waals surface area contributed by atoms with Crippen LogP contribution in [0.5, 0.6) is 5.75 Å².